The van der Waals surface area contributed by atoms with Gasteiger partial charge in [0.15, 0.2) is 0 Å². The molecular weight excluding hydrogens is 186 g/mol. The Labute approximate surface area is 92.3 Å². The molecule has 0 radical (unpaired) electrons. The molecule has 1 aromatic rings. The van der Waals surface area contributed by atoms with Crippen LogP contribution < -0.4 is 5.32 Å². The van der Waals surface area contributed by atoms with Gasteiger partial charge < -0.3 is 10.4 Å². The third-order valence-corrected chi connectivity index (χ3v) is 2.47. The van der Waals surface area contributed by atoms with Gasteiger partial charge in [0, 0.05) is 13.1 Å². The van der Waals surface area contributed by atoms with Crippen molar-refractivity contribution in [2.75, 3.05) is 6.54 Å². The van der Waals surface area contributed by atoms with Gasteiger partial charge in [0.2, 0.25) is 0 Å². The standard InChI is InChI=1S/C13H21NO/c1-3-9-13(2,15)11-14-10-12-7-5-4-6-8-12/h4-8,14-15H,3,9-11H2,1-2H3. The summed E-state index contributed by atoms with van der Waals surface area (Å²) in [4.78, 5) is 0. The fourth-order valence-electron chi connectivity index (χ4n) is 1.70. The molecule has 0 spiro atoms. The molecule has 0 bridgehead atoms. The lowest BCUT2D eigenvalue weighted by Crippen LogP contribution is -2.37. The molecule has 1 unspecified atom stereocenters. The molecule has 1 rings (SSSR count). The van der Waals surface area contributed by atoms with Gasteiger partial charge in [0.1, 0.15) is 0 Å². The summed E-state index contributed by atoms with van der Waals surface area (Å²) in [5.41, 5.74) is 0.675. The van der Waals surface area contributed by atoms with Crippen LogP contribution in [0.2, 0.25) is 0 Å². The first-order valence-corrected chi connectivity index (χ1v) is 5.61. The summed E-state index contributed by atoms with van der Waals surface area (Å²) in [6.07, 6.45) is 1.86. The normalized spacial score (nSPS) is 14.9. The number of hydrogen-bond donors (Lipinski definition) is 2. The van der Waals surface area contributed by atoms with Gasteiger partial charge in [0.05, 0.1) is 5.60 Å². The summed E-state index contributed by atoms with van der Waals surface area (Å²) in [5.74, 6) is 0. The van der Waals surface area contributed by atoms with E-state index in [0.29, 0.717) is 6.54 Å². The summed E-state index contributed by atoms with van der Waals surface area (Å²) in [5, 5.41) is 13.2. The summed E-state index contributed by atoms with van der Waals surface area (Å²) in [6, 6.07) is 10.2. The minimum atomic E-state index is -0.580. The van der Waals surface area contributed by atoms with Crippen LogP contribution in [-0.4, -0.2) is 17.3 Å². The van der Waals surface area contributed by atoms with Crippen molar-refractivity contribution in [3.63, 3.8) is 0 Å². The van der Waals surface area contributed by atoms with Crippen LogP contribution in [0.3, 0.4) is 0 Å². The number of benzene rings is 1. The maximum absolute atomic E-state index is 9.93. The molecule has 0 aliphatic rings. The summed E-state index contributed by atoms with van der Waals surface area (Å²) >= 11 is 0. The van der Waals surface area contributed by atoms with Crippen molar-refractivity contribution in [2.24, 2.45) is 0 Å². The van der Waals surface area contributed by atoms with Crippen LogP contribution in [0.4, 0.5) is 0 Å². The highest BCUT2D eigenvalue weighted by Gasteiger charge is 2.17. The largest absolute Gasteiger partial charge is 0.389 e. The van der Waals surface area contributed by atoms with Gasteiger partial charge >= 0.3 is 0 Å². The SMILES string of the molecule is CCCC(C)(O)CNCc1ccccc1. The zero-order valence-electron chi connectivity index (χ0n) is 9.66. The molecule has 1 atom stereocenters. The van der Waals surface area contributed by atoms with Crippen molar-refractivity contribution in [3.8, 4) is 0 Å². The second-order valence-corrected chi connectivity index (χ2v) is 4.34. The van der Waals surface area contributed by atoms with Crippen LogP contribution in [0.1, 0.15) is 32.3 Å². The van der Waals surface area contributed by atoms with Crippen LogP contribution >= 0.6 is 0 Å². The van der Waals surface area contributed by atoms with Crippen molar-refractivity contribution in [1.82, 2.24) is 5.32 Å². The Morgan fingerprint density at radius 1 is 1.27 bits per heavy atom. The third-order valence-electron chi connectivity index (χ3n) is 2.47. The van der Waals surface area contributed by atoms with Gasteiger partial charge in [-0.1, -0.05) is 43.7 Å². The molecule has 0 aliphatic heterocycles. The Kier molecular flexibility index (Phi) is 4.79. The van der Waals surface area contributed by atoms with Crippen molar-refractivity contribution in [1.29, 1.82) is 0 Å². The Hall–Kier alpha value is -0.860. The van der Waals surface area contributed by atoms with E-state index in [4.69, 9.17) is 0 Å². The number of rotatable bonds is 6. The molecule has 0 aromatic heterocycles. The number of hydrogen-bond acceptors (Lipinski definition) is 2. The average Bonchev–Trinajstić information content (AvgIpc) is 2.19. The molecule has 0 aliphatic carbocycles. The zero-order valence-corrected chi connectivity index (χ0v) is 9.66. The van der Waals surface area contributed by atoms with E-state index in [0.717, 1.165) is 19.4 Å². The van der Waals surface area contributed by atoms with Crippen LogP contribution in [0.5, 0.6) is 0 Å². The van der Waals surface area contributed by atoms with E-state index in [9.17, 15) is 5.11 Å². The zero-order chi connectivity index (χ0) is 11.1. The Morgan fingerprint density at radius 2 is 1.93 bits per heavy atom. The summed E-state index contributed by atoms with van der Waals surface area (Å²) in [6.45, 7) is 5.44. The minimum Gasteiger partial charge on any atom is -0.389 e. The Morgan fingerprint density at radius 3 is 2.53 bits per heavy atom. The molecule has 0 fully saturated rings. The van der Waals surface area contributed by atoms with Crippen molar-refractivity contribution in [3.05, 3.63) is 35.9 Å². The molecule has 1 aromatic carbocycles. The van der Waals surface area contributed by atoms with E-state index in [2.05, 4.69) is 24.4 Å². The second kappa shape index (κ2) is 5.89. The summed E-state index contributed by atoms with van der Waals surface area (Å²) in [7, 11) is 0. The predicted octanol–water partition coefficient (Wildman–Crippen LogP) is 2.33. The molecule has 84 valence electrons. The maximum Gasteiger partial charge on any atom is 0.0743 e. The second-order valence-electron chi connectivity index (χ2n) is 4.34. The van der Waals surface area contributed by atoms with Crippen molar-refractivity contribution >= 4 is 0 Å². The van der Waals surface area contributed by atoms with Gasteiger partial charge in [-0.25, -0.2) is 0 Å². The number of nitrogens with one attached hydrogen (secondary N) is 1. The van der Waals surface area contributed by atoms with Crippen LogP contribution in [0.15, 0.2) is 30.3 Å². The first-order valence-electron chi connectivity index (χ1n) is 5.61. The molecule has 0 saturated carbocycles. The molecule has 2 N–H and O–H groups in total. The summed E-state index contributed by atoms with van der Waals surface area (Å²) < 4.78 is 0. The van der Waals surface area contributed by atoms with E-state index < -0.39 is 5.60 Å². The molecule has 2 nitrogen and oxygen atoms in total. The van der Waals surface area contributed by atoms with Crippen LogP contribution in [0, 0.1) is 0 Å². The van der Waals surface area contributed by atoms with Gasteiger partial charge in [-0.05, 0) is 18.9 Å². The van der Waals surface area contributed by atoms with E-state index in [-0.39, 0.29) is 0 Å². The first-order chi connectivity index (χ1) is 7.14. The lowest BCUT2D eigenvalue weighted by molar-refractivity contribution is 0.0498. The van der Waals surface area contributed by atoms with Gasteiger partial charge in [-0.3, -0.25) is 0 Å². The van der Waals surface area contributed by atoms with Gasteiger partial charge in [-0.15, -0.1) is 0 Å². The van der Waals surface area contributed by atoms with E-state index >= 15 is 0 Å². The van der Waals surface area contributed by atoms with E-state index in [1.807, 2.05) is 25.1 Å². The minimum absolute atomic E-state index is 0.580. The highest BCUT2D eigenvalue weighted by molar-refractivity contribution is 5.14. The Balaban J connectivity index is 2.27. The lowest BCUT2D eigenvalue weighted by atomic mass is 10.0. The monoisotopic (exact) mass is 207 g/mol. The van der Waals surface area contributed by atoms with Crippen molar-refractivity contribution in [2.45, 2.75) is 38.8 Å². The highest BCUT2D eigenvalue weighted by atomic mass is 16.3. The predicted molar refractivity (Wildman–Crippen MR) is 63.7 cm³/mol. The number of aliphatic hydroxyl groups is 1. The molecule has 2 heteroatoms. The lowest BCUT2D eigenvalue weighted by Gasteiger charge is -2.23. The first kappa shape index (κ1) is 12.2. The fraction of sp³-hybridized carbons (Fsp3) is 0.538. The topological polar surface area (TPSA) is 32.3 Å². The maximum atomic E-state index is 9.93. The van der Waals surface area contributed by atoms with Crippen molar-refractivity contribution < 1.29 is 5.11 Å². The molecule has 0 amide bonds. The van der Waals surface area contributed by atoms with Crippen LogP contribution in [-0.2, 0) is 6.54 Å². The fourth-order valence-corrected chi connectivity index (χ4v) is 1.70. The molecular formula is C13H21NO. The third kappa shape index (κ3) is 4.96. The molecule has 0 heterocycles. The Bertz CT molecular complexity index is 269. The molecule has 15 heavy (non-hydrogen) atoms. The quantitative estimate of drug-likeness (QED) is 0.750. The van der Waals surface area contributed by atoms with Gasteiger partial charge in [-0.2, -0.15) is 0 Å². The average molecular weight is 207 g/mol. The highest BCUT2D eigenvalue weighted by Crippen LogP contribution is 2.10. The van der Waals surface area contributed by atoms with Gasteiger partial charge in [0.25, 0.3) is 0 Å². The van der Waals surface area contributed by atoms with E-state index in [1.165, 1.54) is 5.56 Å². The van der Waals surface area contributed by atoms with Crippen LogP contribution in [0.25, 0.3) is 0 Å². The smallest absolute Gasteiger partial charge is 0.0743 e. The van der Waals surface area contributed by atoms with E-state index in [1.54, 1.807) is 0 Å². The molecule has 0 saturated heterocycles.